The number of rotatable bonds is 10. The molecular weight excluding hydrogens is 586 g/mol. The van der Waals surface area contributed by atoms with E-state index in [1.54, 1.807) is 11.4 Å². The number of benzene rings is 1. The number of morpholine rings is 2. The van der Waals surface area contributed by atoms with Crippen LogP contribution in [0.25, 0.3) is 17.0 Å². The van der Waals surface area contributed by atoms with Crippen molar-refractivity contribution < 1.29 is 22.6 Å². The number of nitrogens with zero attached hydrogens (tertiary/aromatic N) is 9. The molecule has 0 aliphatic carbocycles. The lowest BCUT2D eigenvalue weighted by molar-refractivity contribution is 0.0375. The molecule has 0 saturated carbocycles. The SMILES string of the molecule is COc1cccc2c1nc(C)n2-c1nc(N2CCOCC2)nc(N(CCCN2CCOCC2)C2CCCN(S(C)(=O)=O)C2)n1. The van der Waals surface area contributed by atoms with Gasteiger partial charge in [-0.05, 0) is 38.3 Å². The normalized spacial score (nSPS) is 20.7. The van der Waals surface area contributed by atoms with Gasteiger partial charge in [0, 0.05) is 58.4 Å². The number of piperidine rings is 1. The highest BCUT2D eigenvalue weighted by molar-refractivity contribution is 7.88. The quantitative estimate of drug-likeness (QED) is 0.321. The summed E-state index contributed by atoms with van der Waals surface area (Å²) < 4.78 is 45.5. The smallest absolute Gasteiger partial charge is 0.242 e. The van der Waals surface area contributed by atoms with E-state index in [2.05, 4.69) is 14.7 Å². The second-order valence-electron chi connectivity index (χ2n) is 11.6. The first-order valence-corrected chi connectivity index (χ1v) is 17.3. The van der Waals surface area contributed by atoms with Gasteiger partial charge >= 0.3 is 0 Å². The summed E-state index contributed by atoms with van der Waals surface area (Å²) in [5.41, 5.74) is 1.58. The zero-order chi connectivity index (χ0) is 30.7. The molecule has 1 unspecified atom stereocenters. The van der Waals surface area contributed by atoms with Gasteiger partial charge in [-0.1, -0.05) is 6.07 Å². The Morgan fingerprint density at radius 3 is 2.43 bits per heavy atom. The summed E-state index contributed by atoms with van der Waals surface area (Å²) in [5.74, 6) is 3.00. The molecule has 44 heavy (non-hydrogen) atoms. The second kappa shape index (κ2) is 13.5. The first-order valence-electron chi connectivity index (χ1n) is 15.4. The monoisotopic (exact) mass is 629 g/mol. The van der Waals surface area contributed by atoms with E-state index >= 15 is 0 Å². The standard InChI is InChI=1S/C29H43N9O5S/c1-22-30-26-24(8-4-9-25(26)41-2)38(22)29-32-27(35-15-19-43-20-16-35)31-28(33-29)37(12-6-10-34-13-17-42-18-14-34)23-7-5-11-36(21-23)44(3,39)40/h4,8-9,23H,5-7,10-21H2,1-3H3. The number of aryl methyl sites for hydroxylation is 1. The molecular formula is C29H43N9O5S. The molecule has 0 amide bonds. The lowest BCUT2D eigenvalue weighted by Gasteiger charge is -2.39. The van der Waals surface area contributed by atoms with Crippen molar-refractivity contribution in [2.24, 2.45) is 0 Å². The van der Waals surface area contributed by atoms with Crippen LogP contribution >= 0.6 is 0 Å². The molecule has 0 spiro atoms. The Morgan fingerprint density at radius 1 is 0.977 bits per heavy atom. The van der Waals surface area contributed by atoms with Crippen LogP contribution < -0.4 is 14.5 Å². The number of methoxy groups -OCH3 is 1. The fourth-order valence-corrected chi connectivity index (χ4v) is 7.20. The molecule has 15 heteroatoms. The summed E-state index contributed by atoms with van der Waals surface area (Å²) in [6.07, 6.45) is 3.79. The van der Waals surface area contributed by atoms with Gasteiger partial charge in [0.1, 0.15) is 17.1 Å². The van der Waals surface area contributed by atoms with E-state index in [4.69, 9.17) is 34.1 Å². The molecule has 1 atom stereocenters. The molecule has 5 heterocycles. The van der Waals surface area contributed by atoms with Gasteiger partial charge in [0.05, 0.1) is 45.3 Å². The minimum atomic E-state index is -3.33. The fraction of sp³-hybridized carbons (Fsp3) is 0.655. The molecule has 0 N–H and O–H groups in total. The number of imidazole rings is 1. The molecule has 6 rings (SSSR count). The summed E-state index contributed by atoms with van der Waals surface area (Å²) in [6.45, 7) is 10.3. The Bertz CT molecular complexity index is 1540. The van der Waals surface area contributed by atoms with Crippen molar-refractivity contribution in [2.45, 2.75) is 32.2 Å². The lowest BCUT2D eigenvalue weighted by atomic mass is 10.1. The van der Waals surface area contributed by atoms with Gasteiger partial charge < -0.3 is 24.0 Å². The van der Waals surface area contributed by atoms with E-state index < -0.39 is 10.0 Å². The van der Waals surface area contributed by atoms with Crippen LogP contribution in [0.4, 0.5) is 11.9 Å². The molecule has 3 fully saturated rings. The van der Waals surface area contributed by atoms with E-state index in [-0.39, 0.29) is 6.04 Å². The first-order chi connectivity index (χ1) is 21.3. The average Bonchev–Trinajstić information content (AvgIpc) is 3.39. The van der Waals surface area contributed by atoms with Gasteiger partial charge in [0.25, 0.3) is 0 Å². The maximum Gasteiger partial charge on any atom is 0.242 e. The number of sulfonamides is 1. The number of aromatic nitrogens is 5. The van der Waals surface area contributed by atoms with Crippen molar-refractivity contribution in [3.05, 3.63) is 24.0 Å². The highest BCUT2D eigenvalue weighted by Gasteiger charge is 2.32. The van der Waals surface area contributed by atoms with Crippen molar-refractivity contribution in [2.75, 3.05) is 102 Å². The van der Waals surface area contributed by atoms with Crippen LogP contribution in [0.2, 0.25) is 0 Å². The van der Waals surface area contributed by atoms with Crippen molar-refractivity contribution in [3.63, 3.8) is 0 Å². The number of para-hydroxylation sites is 1. The largest absolute Gasteiger partial charge is 0.494 e. The molecule has 0 radical (unpaired) electrons. The molecule has 2 aromatic heterocycles. The number of hydrogen-bond acceptors (Lipinski definition) is 12. The Morgan fingerprint density at radius 2 is 1.70 bits per heavy atom. The van der Waals surface area contributed by atoms with Gasteiger partial charge in [-0.25, -0.2) is 17.7 Å². The predicted octanol–water partition coefficient (Wildman–Crippen LogP) is 1.32. The number of ether oxygens (including phenoxy) is 3. The van der Waals surface area contributed by atoms with E-state index in [0.29, 0.717) is 69.5 Å². The molecule has 240 valence electrons. The Kier molecular flexibility index (Phi) is 9.47. The number of hydrogen-bond donors (Lipinski definition) is 0. The van der Waals surface area contributed by atoms with Crippen LogP contribution in [0.1, 0.15) is 25.1 Å². The first kappa shape index (κ1) is 30.9. The molecule has 0 bridgehead atoms. The van der Waals surface area contributed by atoms with Crippen LogP contribution in [0.3, 0.4) is 0 Å². The van der Waals surface area contributed by atoms with Gasteiger partial charge in [-0.3, -0.25) is 9.47 Å². The fourth-order valence-electron chi connectivity index (χ4n) is 6.30. The lowest BCUT2D eigenvalue weighted by Crippen LogP contribution is -2.51. The maximum absolute atomic E-state index is 12.6. The highest BCUT2D eigenvalue weighted by Crippen LogP contribution is 2.30. The average molecular weight is 630 g/mol. The van der Waals surface area contributed by atoms with Crippen LogP contribution in [-0.2, 0) is 19.5 Å². The zero-order valence-corrected chi connectivity index (χ0v) is 26.7. The third-order valence-electron chi connectivity index (χ3n) is 8.63. The van der Waals surface area contributed by atoms with E-state index in [0.717, 1.165) is 69.0 Å². The van der Waals surface area contributed by atoms with Gasteiger partial charge in [-0.15, -0.1) is 0 Å². The summed E-state index contributed by atoms with van der Waals surface area (Å²) in [4.78, 5) is 26.7. The summed E-state index contributed by atoms with van der Waals surface area (Å²) >= 11 is 0. The Hall–Kier alpha value is -3.11. The summed E-state index contributed by atoms with van der Waals surface area (Å²) in [7, 11) is -1.69. The number of anilines is 2. The minimum Gasteiger partial charge on any atom is -0.494 e. The molecule has 3 aromatic rings. The third-order valence-corrected chi connectivity index (χ3v) is 9.90. The van der Waals surface area contributed by atoms with E-state index in [9.17, 15) is 8.42 Å². The molecule has 1 aromatic carbocycles. The Labute approximate surface area is 259 Å². The Balaban J connectivity index is 1.42. The molecule has 3 aliphatic rings. The summed E-state index contributed by atoms with van der Waals surface area (Å²) in [5, 5.41) is 0. The van der Waals surface area contributed by atoms with Crippen LogP contribution in [-0.4, -0.2) is 140 Å². The zero-order valence-electron chi connectivity index (χ0n) is 25.9. The molecule has 3 aliphatic heterocycles. The van der Waals surface area contributed by atoms with E-state index in [1.807, 2.05) is 29.7 Å². The van der Waals surface area contributed by atoms with Gasteiger partial charge in [0.15, 0.2) is 0 Å². The highest BCUT2D eigenvalue weighted by atomic mass is 32.2. The van der Waals surface area contributed by atoms with Crippen molar-refractivity contribution >= 4 is 33.0 Å². The maximum atomic E-state index is 12.6. The van der Waals surface area contributed by atoms with Crippen molar-refractivity contribution in [1.82, 2.24) is 33.7 Å². The molecule has 14 nitrogen and oxygen atoms in total. The van der Waals surface area contributed by atoms with Crippen molar-refractivity contribution in [1.29, 1.82) is 0 Å². The minimum absolute atomic E-state index is 0.0725. The van der Waals surface area contributed by atoms with Gasteiger partial charge in [0.2, 0.25) is 27.9 Å². The third kappa shape index (κ3) is 6.76. The van der Waals surface area contributed by atoms with Crippen LogP contribution in [0.5, 0.6) is 5.75 Å². The number of fused-ring (bicyclic) bond motifs is 1. The summed E-state index contributed by atoms with van der Waals surface area (Å²) in [6, 6.07) is 5.74. The second-order valence-corrected chi connectivity index (χ2v) is 13.6. The van der Waals surface area contributed by atoms with Crippen LogP contribution in [0.15, 0.2) is 18.2 Å². The van der Waals surface area contributed by atoms with Gasteiger partial charge in [-0.2, -0.15) is 15.0 Å². The van der Waals surface area contributed by atoms with Crippen molar-refractivity contribution in [3.8, 4) is 11.7 Å². The van der Waals surface area contributed by atoms with Crippen LogP contribution in [0, 0.1) is 6.92 Å². The van der Waals surface area contributed by atoms with E-state index in [1.165, 1.54) is 6.26 Å². The predicted molar refractivity (Wildman–Crippen MR) is 167 cm³/mol. The topological polar surface area (TPSA) is 131 Å². The molecule has 3 saturated heterocycles.